The van der Waals surface area contributed by atoms with Crippen molar-refractivity contribution in [2.24, 2.45) is 0 Å². The van der Waals surface area contributed by atoms with E-state index >= 15 is 0 Å². The summed E-state index contributed by atoms with van der Waals surface area (Å²) in [6.45, 7) is 1.54. The van der Waals surface area contributed by atoms with Crippen molar-refractivity contribution in [3.05, 3.63) is 0 Å². The average molecular weight is 303 g/mol. The van der Waals surface area contributed by atoms with Gasteiger partial charge in [-0.05, 0) is 33.5 Å². The van der Waals surface area contributed by atoms with Gasteiger partial charge in [0.15, 0.2) is 0 Å². The fourth-order valence-electron chi connectivity index (χ4n) is 1.95. The van der Waals surface area contributed by atoms with E-state index in [4.69, 9.17) is 0 Å². The Morgan fingerprint density at radius 3 is 2.56 bits per heavy atom. The second-order valence-electron chi connectivity index (χ2n) is 4.53. The Labute approximate surface area is 103 Å². The van der Waals surface area contributed by atoms with E-state index < -0.39 is 11.0 Å². The molecule has 96 valence electrons. The van der Waals surface area contributed by atoms with Crippen molar-refractivity contribution < 1.29 is 13.2 Å². The molecular weight excluding hydrogens is 285 g/mol. The normalized spacial score (nSPS) is 26.1. The second kappa shape index (κ2) is 5.69. The molecule has 1 rings (SSSR count). The molecule has 1 saturated heterocycles. The monoisotopic (exact) mass is 302 g/mol. The summed E-state index contributed by atoms with van der Waals surface area (Å²) in [7, 11) is 3.95. The second-order valence-corrected chi connectivity index (χ2v) is 5.63. The molecule has 6 heteroatoms. The van der Waals surface area contributed by atoms with E-state index in [1.165, 1.54) is 0 Å². The maximum atomic E-state index is 12.4. The summed E-state index contributed by atoms with van der Waals surface area (Å²) in [5, 5.41) is 0. The predicted octanol–water partition coefficient (Wildman–Crippen LogP) is 2.34. The molecule has 0 N–H and O–H groups in total. The van der Waals surface area contributed by atoms with Crippen LogP contribution in [-0.2, 0) is 0 Å². The van der Waals surface area contributed by atoms with Gasteiger partial charge in [0.05, 0.1) is 0 Å². The average Bonchev–Trinajstić information content (AvgIpc) is 2.16. The molecule has 0 amide bonds. The Morgan fingerprint density at radius 2 is 2.06 bits per heavy atom. The van der Waals surface area contributed by atoms with Crippen molar-refractivity contribution >= 4 is 15.9 Å². The minimum atomic E-state index is -4.15. The highest BCUT2D eigenvalue weighted by molar-refractivity contribution is 9.09. The highest BCUT2D eigenvalue weighted by atomic mass is 79.9. The predicted molar refractivity (Wildman–Crippen MR) is 61.9 cm³/mol. The maximum Gasteiger partial charge on any atom is 0.402 e. The lowest BCUT2D eigenvalue weighted by atomic mass is 10.0. The van der Waals surface area contributed by atoms with Gasteiger partial charge in [-0.1, -0.05) is 15.9 Å². The highest BCUT2D eigenvalue weighted by Gasteiger charge is 2.39. The lowest BCUT2D eigenvalue weighted by Crippen LogP contribution is -2.48. The number of rotatable bonds is 3. The minimum absolute atomic E-state index is 0.0494. The number of piperidine rings is 1. The van der Waals surface area contributed by atoms with Gasteiger partial charge >= 0.3 is 6.18 Å². The zero-order chi connectivity index (χ0) is 12.3. The molecule has 0 aliphatic carbocycles. The zero-order valence-corrected chi connectivity index (χ0v) is 11.2. The fourth-order valence-corrected chi connectivity index (χ4v) is 2.36. The van der Waals surface area contributed by atoms with Crippen LogP contribution < -0.4 is 0 Å². The molecule has 1 aliphatic heterocycles. The third-order valence-corrected chi connectivity index (χ3v) is 3.79. The van der Waals surface area contributed by atoms with Crippen LogP contribution >= 0.6 is 15.9 Å². The van der Waals surface area contributed by atoms with E-state index in [1.807, 2.05) is 19.0 Å². The van der Waals surface area contributed by atoms with Crippen LogP contribution in [0.4, 0.5) is 13.2 Å². The van der Waals surface area contributed by atoms with Crippen LogP contribution in [0.3, 0.4) is 0 Å². The molecule has 1 fully saturated rings. The Hall–Kier alpha value is 0.190. The van der Waals surface area contributed by atoms with Gasteiger partial charge in [0.2, 0.25) is 0 Å². The van der Waals surface area contributed by atoms with Gasteiger partial charge in [-0.3, -0.25) is 0 Å². The van der Waals surface area contributed by atoms with Gasteiger partial charge in [0.25, 0.3) is 0 Å². The fraction of sp³-hybridized carbons (Fsp3) is 1.00. The topological polar surface area (TPSA) is 6.48 Å². The van der Waals surface area contributed by atoms with Crippen LogP contribution in [0.1, 0.15) is 12.8 Å². The first-order valence-corrected chi connectivity index (χ1v) is 6.32. The van der Waals surface area contributed by atoms with Crippen molar-refractivity contribution in [3.8, 4) is 0 Å². The van der Waals surface area contributed by atoms with Crippen molar-refractivity contribution in [2.45, 2.75) is 29.9 Å². The lowest BCUT2D eigenvalue weighted by molar-refractivity contribution is -0.131. The van der Waals surface area contributed by atoms with Gasteiger partial charge in [0, 0.05) is 19.1 Å². The number of hydrogen-bond acceptors (Lipinski definition) is 2. The van der Waals surface area contributed by atoms with Crippen LogP contribution in [-0.4, -0.2) is 60.6 Å². The molecule has 2 unspecified atom stereocenters. The van der Waals surface area contributed by atoms with Gasteiger partial charge in [-0.15, -0.1) is 0 Å². The van der Waals surface area contributed by atoms with Crippen molar-refractivity contribution in [1.82, 2.24) is 9.80 Å². The van der Waals surface area contributed by atoms with Crippen LogP contribution in [0.5, 0.6) is 0 Å². The molecule has 0 aromatic heterocycles. The molecule has 16 heavy (non-hydrogen) atoms. The van der Waals surface area contributed by atoms with E-state index in [0.29, 0.717) is 6.04 Å². The zero-order valence-electron chi connectivity index (χ0n) is 9.60. The Bertz CT molecular complexity index is 221. The van der Waals surface area contributed by atoms with Crippen molar-refractivity contribution in [2.75, 3.05) is 33.7 Å². The summed E-state index contributed by atoms with van der Waals surface area (Å²) in [5.41, 5.74) is 0. The Balaban J connectivity index is 2.43. The highest BCUT2D eigenvalue weighted by Crippen LogP contribution is 2.28. The first kappa shape index (κ1) is 14.3. The summed E-state index contributed by atoms with van der Waals surface area (Å²) < 4.78 is 37.1. The SMILES string of the molecule is CN(C)C1CCCN(CC(Br)C(F)(F)F)C1. The van der Waals surface area contributed by atoms with Crippen LogP contribution in [0.25, 0.3) is 0 Å². The van der Waals surface area contributed by atoms with E-state index in [0.717, 1.165) is 25.9 Å². The lowest BCUT2D eigenvalue weighted by Gasteiger charge is -2.37. The molecule has 2 nitrogen and oxygen atoms in total. The molecule has 0 saturated carbocycles. The third-order valence-electron chi connectivity index (χ3n) is 2.98. The van der Waals surface area contributed by atoms with Crippen molar-refractivity contribution in [3.63, 3.8) is 0 Å². The van der Waals surface area contributed by atoms with Crippen LogP contribution in [0, 0.1) is 0 Å². The standard InChI is InChI=1S/C10H18BrF3N2/c1-15(2)8-4-3-5-16(6-8)7-9(11)10(12,13)14/h8-9H,3-7H2,1-2H3. The molecule has 1 heterocycles. The van der Waals surface area contributed by atoms with Gasteiger partial charge in [0.1, 0.15) is 4.83 Å². The van der Waals surface area contributed by atoms with E-state index in [9.17, 15) is 13.2 Å². The number of nitrogens with zero attached hydrogens (tertiary/aromatic N) is 2. The number of hydrogen-bond donors (Lipinski definition) is 0. The summed E-state index contributed by atoms with van der Waals surface area (Å²) in [6.07, 6.45) is -2.10. The molecule has 0 spiro atoms. The van der Waals surface area contributed by atoms with Crippen molar-refractivity contribution in [1.29, 1.82) is 0 Å². The smallest absolute Gasteiger partial charge is 0.305 e. The van der Waals surface area contributed by atoms with E-state index in [1.54, 1.807) is 0 Å². The van der Waals surface area contributed by atoms with Gasteiger partial charge < -0.3 is 9.80 Å². The summed E-state index contributed by atoms with van der Waals surface area (Å²) in [6, 6.07) is 0.377. The first-order chi connectivity index (χ1) is 7.30. The molecular formula is C10H18BrF3N2. The largest absolute Gasteiger partial charge is 0.402 e. The number of likely N-dealkylation sites (tertiary alicyclic amines) is 1. The molecule has 0 aromatic carbocycles. The summed E-state index contributed by atoms with van der Waals surface area (Å²) in [5.74, 6) is 0. The molecule has 1 aliphatic rings. The number of alkyl halides is 4. The van der Waals surface area contributed by atoms with Gasteiger partial charge in [-0.25, -0.2) is 0 Å². The Kier molecular flexibility index (Phi) is 5.07. The van der Waals surface area contributed by atoms with E-state index in [-0.39, 0.29) is 6.54 Å². The number of halogens is 4. The number of likely N-dealkylation sites (N-methyl/N-ethyl adjacent to an activating group) is 1. The molecule has 0 aromatic rings. The summed E-state index contributed by atoms with van der Waals surface area (Å²) >= 11 is 2.71. The summed E-state index contributed by atoms with van der Waals surface area (Å²) in [4.78, 5) is 2.56. The quantitative estimate of drug-likeness (QED) is 0.739. The minimum Gasteiger partial charge on any atom is -0.305 e. The third kappa shape index (κ3) is 4.22. The first-order valence-electron chi connectivity index (χ1n) is 5.40. The van der Waals surface area contributed by atoms with Crippen LogP contribution in [0.2, 0.25) is 0 Å². The van der Waals surface area contributed by atoms with Crippen LogP contribution in [0.15, 0.2) is 0 Å². The Morgan fingerprint density at radius 1 is 1.44 bits per heavy atom. The maximum absolute atomic E-state index is 12.4. The molecule has 2 atom stereocenters. The van der Waals surface area contributed by atoms with E-state index in [2.05, 4.69) is 20.8 Å². The van der Waals surface area contributed by atoms with Gasteiger partial charge in [-0.2, -0.15) is 13.2 Å². The molecule has 0 bridgehead atoms. The molecule has 0 radical (unpaired) electrons.